The van der Waals surface area contributed by atoms with Crippen LogP contribution in [0.3, 0.4) is 0 Å². The molecule has 1 N–H and O–H groups in total. The third-order valence-corrected chi connectivity index (χ3v) is 5.17. The monoisotopic (exact) mass is 335 g/mol. The maximum Gasteiger partial charge on any atom is 0.223 e. The Balaban J connectivity index is 1.58. The van der Waals surface area contributed by atoms with E-state index in [1.807, 2.05) is 17.0 Å². The first-order chi connectivity index (χ1) is 11.1. The lowest BCUT2D eigenvalue weighted by Crippen LogP contribution is -2.47. The molecule has 0 spiro atoms. The van der Waals surface area contributed by atoms with E-state index >= 15 is 0 Å². The molecule has 4 nitrogen and oxygen atoms in total. The Bertz CT molecular complexity index is 524. The first-order valence-electron chi connectivity index (χ1n) is 8.65. The largest absolute Gasteiger partial charge is 0.340 e. The van der Waals surface area contributed by atoms with Gasteiger partial charge in [0.25, 0.3) is 0 Å². The van der Waals surface area contributed by atoms with E-state index in [2.05, 4.69) is 29.3 Å². The minimum Gasteiger partial charge on any atom is -0.340 e. The highest BCUT2D eigenvalue weighted by Gasteiger charge is 2.33. The molecule has 5 heteroatoms. The SMILES string of the molecule is CC(c1ccc(Cl)cc1)N(CCC(=O)N1CCNCC1)C1CC1. The van der Waals surface area contributed by atoms with Crippen molar-refractivity contribution in [1.82, 2.24) is 15.1 Å². The topological polar surface area (TPSA) is 35.6 Å². The van der Waals surface area contributed by atoms with Crippen molar-refractivity contribution in [2.75, 3.05) is 32.7 Å². The van der Waals surface area contributed by atoms with Crippen LogP contribution < -0.4 is 5.32 Å². The number of piperazine rings is 1. The molecule has 1 atom stereocenters. The van der Waals surface area contributed by atoms with E-state index < -0.39 is 0 Å². The van der Waals surface area contributed by atoms with Gasteiger partial charge in [-0.3, -0.25) is 9.69 Å². The molecule has 1 heterocycles. The third-order valence-electron chi connectivity index (χ3n) is 4.92. The summed E-state index contributed by atoms with van der Waals surface area (Å²) in [6.45, 7) is 6.59. The quantitative estimate of drug-likeness (QED) is 0.868. The molecular weight excluding hydrogens is 310 g/mol. The summed E-state index contributed by atoms with van der Waals surface area (Å²) in [5.74, 6) is 0.292. The normalized spacial score (nSPS) is 19.9. The summed E-state index contributed by atoms with van der Waals surface area (Å²) in [7, 11) is 0. The minimum absolute atomic E-state index is 0.292. The van der Waals surface area contributed by atoms with Gasteiger partial charge in [-0.05, 0) is 37.5 Å². The summed E-state index contributed by atoms with van der Waals surface area (Å²) >= 11 is 5.99. The van der Waals surface area contributed by atoms with Crippen LogP contribution in [0.5, 0.6) is 0 Å². The molecular formula is C18H26ClN3O. The predicted molar refractivity (Wildman–Crippen MR) is 93.7 cm³/mol. The van der Waals surface area contributed by atoms with Gasteiger partial charge in [-0.15, -0.1) is 0 Å². The van der Waals surface area contributed by atoms with Gasteiger partial charge >= 0.3 is 0 Å². The molecule has 1 aromatic rings. The van der Waals surface area contributed by atoms with Crippen LogP contribution in [0.15, 0.2) is 24.3 Å². The number of carbonyl (C=O) groups is 1. The maximum atomic E-state index is 12.4. The fourth-order valence-corrected chi connectivity index (χ4v) is 3.45. The van der Waals surface area contributed by atoms with E-state index in [0.717, 1.165) is 37.7 Å². The molecule has 1 saturated heterocycles. The Labute approximate surface area is 143 Å². The van der Waals surface area contributed by atoms with Crippen molar-refractivity contribution in [3.05, 3.63) is 34.9 Å². The number of rotatable bonds is 6. The lowest BCUT2D eigenvalue weighted by atomic mass is 10.1. The molecule has 126 valence electrons. The summed E-state index contributed by atoms with van der Waals surface area (Å²) < 4.78 is 0. The van der Waals surface area contributed by atoms with Gasteiger partial charge in [0.2, 0.25) is 5.91 Å². The number of carbonyl (C=O) groups excluding carboxylic acids is 1. The van der Waals surface area contributed by atoms with Crippen LogP contribution in [0, 0.1) is 0 Å². The van der Waals surface area contributed by atoms with Crippen molar-refractivity contribution < 1.29 is 4.79 Å². The molecule has 1 unspecified atom stereocenters. The van der Waals surface area contributed by atoms with Crippen molar-refractivity contribution in [3.63, 3.8) is 0 Å². The summed E-state index contributed by atoms with van der Waals surface area (Å²) in [6, 6.07) is 9.06. The van der Waals surface area contributed by atoms with E-state index in [1.165, 1.54) is 18.4 Å². The lowest BCUT2D eigenvalue weighted by Gasteiger charge is -2.32. The first-order valence-corrected chi connectivity index (χ1v) is 9.02. The van der Waals surface area contributed by atoms with Crippen LogP contribution in [0.4, 0.5) is 0 Å². The molecule has 0 aromatic heterocycles. The Morgan fingerprint density at radius 1 is 1.30 bits per heavy atom. The zero-order valence-corrected chi connectivity index (χ0v) is 14.6. The fraction of sp³-hybridized carbons (Fsp3) is 0.611. The van der Waals surface area contributed by atoms with E-state index in [9.17, 15) is 4.79 Å². The maximum absolute atomic E-state index is 12.4. The number of amides is 1. The Kier molecular flexibility index (Phi) is 5.57. The van der Waals surface area contributed by atoms with E-state index in [1.54, 1.807) is 0 Å². The predicted octanol–water partition coefficient (Wildman–Crippen LogP) is 2.69. The summed E-state index contributed by atoms with van der Waals surface area (Å²) in [4.78, 5) is 16.9. The molecule has 23 heavy (non-hydrogen) atoms. The van der Waals surface area contributed by atoms with Crippen molar-refractivity contribution in [3.8, 4) is 0 Å². The standard InChI is InChI=1S/C18H26ClN3O/c1-14(15-2-4-16(19)5-3-15)22(17-6-7-17)11-8-18(23)21-12-9-20-10-13-21/h2-5,14,17,20H,6-13H2,1H3. The summed E-state index contributed by atoms with van der Waals surface area (Å²) in [5.41, 5.74) is 1.27. The van der Waals surface area contributed by atoms with E-state index in [4.69, 9.17) is 11.6 Å². The molecule has 1 amide bonds. The van der Waals surface area contributed by atoms with Gasteiger partial charge in [0.15, 0.2) is 0 Å². The molecule has 1 aliphatic heterocycles. The number of halogens is 1. The highest BCUT2D eigenvalue weighted by Crippen LogP contribution is 2.34. The van der Waals surface area contributed by atoms with Crippen LogP contribution in [-0.4, -0.2) is 54.5 Å². The van der Waals surface area contributed by atoms with Gasteiger partial charge in [0.05, 0.1) is 0 Å². The van der Waals surface area contributed by atoms with Gasteiger partial charge in [-0.1, -0.05) is 23.7 Å². The molecule has 2 fully saturated rings. The van der Waals surface area contributed by atoms with Crippen molar-refractivity contribution in [1.29, 1.82) is 0 Å². The van der Waals surface area contributed by atoms with Crippen LogP contribution in [0.1, 0.15) is 37.8 Å². The molecule has 1 aromatic carbocycles. The highest BCUT2D eigenvalue weighted by atomic mass is 35.5. The van der Waals surface area contributed by atoms with E-state index in [0.29, 0.717) is 24.4 Å². The van der Waals surface area contributed by atoms with Gasteiger partial charge in [-0.2, -0.15) is 0 Å². The summed E-state index contributed by atoms with van der Waals surface area (Å²) in [5, 5.41) is 4.06. The van der Waals surface area contributed by atoms with Gasteiger partial charge in [0.1, 0.15) is 0 Å². The van der Waals surface area contributed by atoms with Gasteiger partial charge in [-0.25, -0.2) is 0 Å². The van der Waals surface area contributed by atoms with Crippen LogP contribution in [0.25, 0.3) is 0 Å². The number of hydrogen-bond acceptors (Lipinski definition) is 3. The average Bonchev–Trinajstić information content (AvgIpc) is 3.41. The minimum atomic E-state index is 0.292. The second-order valence-electron chi connectivity index (χ2n) is 6.58. The molecule has 1 aliphatic carbocycles. The lowest BCUT2D eigenvalue weighted by molar-refractivity contribution is -0.132. The molecule has 3 rings (SSSR count). The first kappa shape index (κ1) is 16.7. The Morgan fingerprint density at radius 3 is 2.57 bits per heavy atom. The zero-order chi connectivity index (χ0) is 16.2. The number of hydrogen-bond donors (Lipinski definition) is 1. The van der Waals surface area contributed by atoms with Gasteiger partial charge < -0.3 is 10.2 Å². The number of nitrogens with one attached hydrogen (secondary N) is 1. The molecule has 1 saturated carbocycles. The highest BCUT2D eigenvalue weighted by molar-refractivity contribution is 6.30. The Hall–Kier alpha value is -1.10. The zero-order valence-electron chi connectivity index (χ0n) is 13.8. The Morgan fingerprint density at radius 2 is 1.96 bits per heavy atom. The average molecular weight is 336 g/mol. The fourth-order valence-electron chi connectivity index (χ4n) is 3.33. The second-order valence-corrected chi connectivity index (χ2v) is 7.01. The van der Waals surface area contributed by atoms with Crippen LogP contribution >= 0.6 is 11.6 Å². The molecule has 0 bridgehead atoms. The second kappa shape index (κ2) is 7.65. The van der Waals surface area contributed by atoms with Crippen LogP contribution in [0.2, 0.25) is 5.02 Å². The van der Waals surface area contributed by atoms with Crippen LogP contribution in [-0.2, 0) is 4.79 Å². The van der Waals surface area contributed by atoms with Crippen molar-refractivity contribution in [2.24, 2.45) is 0 Å². The van der Waals surface area contributed by atoms with Crippen molar-refractivity contribution in [2.45, 2.75) is 38.3 Å². The third kappa shape index (κ3) is 4.46. The van der Waals surface area contributed by atoms with Gasteiger partial charge in [0, 0.05) is 56.3 Å². The number of benzene rings is 1. The summed E-state index contributed by atoms with van der Waals surface area (Å²) in [6.07, 6.45) is 3.12. The van der Waals surface area contributed by atoms with Crippen molar-refractivity contribution >= 4 is 17.5 Å². The van der Waals surface area contributed by atoms with E-state index in [-0.39, 0.29) is 0 Å². The molecule has 0 radical (unpaired) electrons. The molecule has 2 aliphatic rings. The smallest absolute Gasteiger partial charge is 0.223 e. The number of nitrogens with zero attached hydrogens (tertiary/aromatic N) is 2.